The molecular weight excluding hydrogens is 292 g/mol. The number of carbonyl (C=O) groups is 2. The maximum atomic E-state index is 12.1. The first kappa shape index (κ1) is 15.6. The lowest BCUT2D eigenvalue weighted by atomic mass is 9.76. The molecule has 1 saturated carbocycles. The largest absolute Gasteiger partial charge is 0.480 e. The molecule has 2 amide bonds. The van der Waals surface area contributed by atoms with Crippen molar-refractivity contribution in [1.29, 1.82) is 0 Å². The fraction of sp³-hybridized carbons (Fsp3) is 0.467. The number of aliphatic carboxylic acids is 1. The van der Waals surface area contributed by atoms with Crippen LogP contribution in [0.25, 0.3) is 0 Å². The second-order valence-corrected chi connectivity index (χ2v) is 6.11. The van der Waals surface area contributed by atoms with Gasteiger partial charge < -0.3 is 15.7 Å². The van der Waals surface area contributed by atoms with Gasteiger partial charge in [-0.05, 0) is 43.0 Å². The molecule has 2 unspecified atom stereocenters. The van der Waals surface area contributed by atoms with Gasteiger partial charge in [-0.15, -0.1) is 0 Å². The van der Waals surface area contributed by atoms with Gasteiger partial charge in [0.1, 0.15) is 5.54 Å². The third-order valence-electron chi connectivity index (χ3n) is 3.86. The monoisotopic (exact) mass is 310 g/mol. The molecule has 6 heteroatoms. The number of halogens is 1. The predicted molar refractivity (Wildman–Crippen MR) is 81.6 cm³/mol. The number of benzene rings is 1. The minimum absolute atomic E-state index is 0.283. The molecule has 0 bridgehead atoms. The van der Waals surface area contributed by atoms with Crippen LogP contribution in [0, 0.1) is 5.92 Å². The maximum absolute atomic E-state index is 12.1. The van der Waals surface area contributed by atoms with Gasteiger partial charge in [-0.3, -0.25) is 0 Å². The number of carboxylic acids is 1. The van der Waals surface area contributed by atoms with Crippen LogP contribution in [0.4, 0.5) is 10.5 Å². The molecule has 1 aromatic rings. The van der Waals surface area contributed by atoms with Crippen LogP contribution in [0.3, 0.4) is 0 Å². The van der Waals surface area contributed by atoms with E-state index in [1.807, 2.05) is 6.92 Å². The van der Waals surface area contributed by atoms with Crippen molar-refractivity contribution in [2.24, 2.45) is 5.92 Å². The Morgan fingerprint density at radius 2 is 2.00 bits per heavy atom. The Morgan fingerprint density at radius 1 is 1.33 bits per heavy atom. The summed E-state index contributed by atoms with van der Waals surface area (Å²) in [6.45, 7) is 2.01. The Bertz CT molecular complexity index is 532. The highest BCUT2D eigenvalue weighted by Crippen LogP contribution is 2.32. The van der Waals surface area contributed by atoms with Crippen molar-refractivity contribution in [2.75, 3.05) is 5.32 Å². The van der Waals surface area contributed by atoms with Crippen LogP contribution >= 0.6 is 11.6 Å². The highest BCUT2D eigenvalue weighted by molar-refractivity contribution is 6.30. The van der Waals surface area contributed by atoms with Crippen LogP contribution in [0.2, 0.25) is 5.02 Å². The summed E-state index contributed by atoms with van der Waals surface area (Å²) in [7, 11) is 0. The van der Waals surface area contributed by atoms with Crippen LogP contribution in [-0.2, 0) is 4.79 Å². The summed E-state index contributed by atoms with van der Waals surface area (Å²) in [6.07, 6.45) is 2.71. The van der Waals surface area contributed by atoms with Crippen LogP contribution in [0.1, 0.15) is 32.6 Å². The molecule has 2 rings (SSSR count). The molecule has 0 saturated heterocycles. The predicted octanol–water partition coefficient (Wildman–Crippen LogP) is 3.50. The minimum Gasteiger partial charge on any atom is -0.480 e. The molecule has 114 valence electrons. The van der Waals surface area contributed by atoms with Crippen LogP contribution in [0.15, 0.2) is 24.3 Å². The molecule has 3 N–H and O–H groups in total. The van der Waals surface area contributed by atoms with E-state index in [-0.39, 0.29) is 5.92 Å². The topological polar surface area (TPSA) is 78.4 Å². The van der Waals surface area contributed by atoms with Gasteiger partial charge in [-0.2, -0.15) is 0 Å². The quantitative estimate of drug-likeness (QED) is 0.799. The SMILES string of the molecule is CC1CCCC(NC(=O)Nc2ccc(Cl)cc2)(C(=O)O)C1. The Balaban J connectivity index is 2.05. The molecule has 21 heavy (non-hydrogen) atoms. The molecule has 0 heterocycles. The van der Waals surface area contributed by atoms with E-state index >= 15 is 0 Å². The number of urea groups is 1. The zero-order valence-corrected chi connectivity index (χ0v) is 12.6. The van der Waals surface area contributed by atoms with E-state index in [9.17, 15) is 14.7 Å². The van der Waals surface area contributed by atoms with Gasteiger partial charge in [0.05, 0.1) is 0 Å². The molecule has 5 nitrogen and oxygen atoms in total. The summed E-state index contributed by atoms with van der Waals surface area (Å²) in [6, 6.07) is 6.14. The molecule has 2 atom stereocenters. The Labute approximate surface area is 128 Å². The van der Waals surface area contributed by atoms with E-state index in [1.165, 1.54) is 0 Å². The number of carboxylic acid groups (broad SMARTS) is 1. The van der Waals surface area contributed by atoms with Gasteiger partial charge in [0.25, 0.3) is 0 Å². The Hall–Kier alpha value is -1.75. The van der Waals surface area contributed by atoms with Gasteiger partial charge >= 0.3 is 12.0 Å². The van der Waals surface area contributed by atoms with Gasteiger partial charge in [-0.1, -0.05) is 31.4 Å². The zero-order chi connectivity index (χ0) is 15.5. The lowest BCUT2D eigenvalue weighted by Gasteiger charge is -2.36. The number of rotatable bonds is 3. The summed E-state index contributed by atoms with van der Waals surface area (Å²) < 4.78 is 0. The van der Waals surface area contributed by atoms with Gasteiger partial charge in [-0.25, -0.2) is 9.59 Å². The standard InChI is InChI=1S/C15H19ClN2O3/c1-10-3-2-8-15(9-10,13(19)20)18-14(21)17-12-6-4-11(16)5-7-12/h4-7,10H,2-3,8-9H2,1H3,(H,19,20)(H2,17,18,21). The lowest BCUT2D eigenvalue weighted by Crippen LogP contribution is -2.57. The third-order valence-corrected chi connectivity index (χ3v) is 4.11. The molecule has 1 aromatic carbocycles. The molecule has 1 fully saturated rings. The van der Waals surface area contributed by atoms with Crippen molar-refractivity contribution in [3.05, 3.63) is 29.3 Å². The maximum Gasteiger partial charge on any atom is 0.329 e. The molecule has 0 radical (unpaired) electrons. The van der Waals surface area contributed by atoms with E-state index in [1.54, 1.807) is 24.3 Å². The second-order valence-electron chi connectivity index (χ2n) is 5.67. The minimum atomic E-state index is -1.17. The number of amides is 2. The van der Waals surface area contributed by atoms with Crippen molar-refractivity contribution >= 4 is 29.3 Å². The van der Waals surface area contributed by atoms with Crippen molar-refractivity contribution in [3.8, 4) is 0 Å². The van der Waals surface area contributed by atoms with E-state index in [2.05, 4.69) is 10.6 Å². The van der Waals surface area contributed by atoms with E-state index < -0.39 is 17.5 Å². The van der Waals surface area contributed by atoms with Crippen molar-refractivity contribution in [3.63, 3.8) is 0 Å². The van der Waals surface area contributed by atoms with Crippen molar-refractivity contribution in [2.45, 2.75) is 38.1 Å². The van der Waals surface area contributed by atoms with E-state index in [4.69, 9.17) is 11.6 Å². The summed E-state index contributed by atoms with van der Waals surface area (Å²) >= 11 is 5.78. The Kier molecular flexibility index (Phi) is 4.73. The molecular formula is C15H19ClN2O3. The molecule has 0 aliphatic heterocycles. The summed E-state index contributed by atoms with van der Waals surface area (Å²) in [5, 5.41) is 15.4. The van der Waals surface area contributed by atoms with E-state index in [0.29, 0.717) is 23.6 Å². The number of hydrogen-bond donors (Lipinski definition) is 3. The van der Waals surface area contributed by atoms with Crippen molar-refractivity contribution < 1.29 is 14.7 Å². The molecule has 0 aromatic heterocycles. The molecule has 1 aliphatic rings. The first-order valence-corrected chi connectivity index (χ1v) is 7.37. The summed E-state index contributed by atoms with van der Waals surface area (Å²) in [5.41, 5.74) is -0.602. The highest BCUT2D eigenvalue weighted by atomic mass is 35.5. The van der Waals surface area contributed by atoms with Gasteiger partial charge in [0.2, 0.25) is 0 Å². The number of nitrogens with one attached hydrogen (secondary N) is 2. The van der Waals surface area contributed by atoms with Gasteiger partial charge in [0, 0.05) is 10.7 Å². The fourth-order valence-electron chi connectivity index (χ4n) is 2.83. The Morgan fingerprint density at radius 3 is 2.57 bits per heavy atom. The number of anilines is 1. The summed E-state index contributed by atoms with van der Waals surface area (Å²) in [5.74, 6) is -0.689. The van der Waals surface area contributed by atoms with Gasteiger partial charge in [0.15, 0.2) is 0 Å². The third kappa shape index (κ3) is 3.88. The first-order chi connectivity index (χ1) is 9.91. The zero-order valence-electron chi connectivity index (χ0n) is 11.9. The van der Waals surface area contributed by atoms with Crippen LogP contribution in [0.5, 0.6) is 0 Å². The van der Waals surface area contributed by atoms with Crippen LogP contribution < -0.4 is 10.6 Å². The molecule has 0 spiro atoms. The average Bonchev–Trinajstić information content (AvgIpc) is 2.41. The normalized spacial score (nSPS) is 25.1. The fourth-order valence-corrected chi connectivity index (χ4v) is 2.95. The van der Waals surface area contributed by atoms with E-state index in [0.717, 1.165) is 12.8 Å². The number of hydrogen-bond acceptors (Lipinski definition) is 2. The summed E-state index contributed by atoms with van der Waals surface area (Å²) in [4.78, 5) is 23.7. The first-order valence-electron chi connectivity index (χ1n) is 6.99. The lowest BCUT2D eigenvalue weighted by molar-refractivity contribution is -0.146. The second kappa shape index (κ2) is 6.35. The smallest absolute Gasteiger partial charge is 0.329 e. The highest BCUT2D eigenvalue weighted by Gasteiger charge is 2.43. The average molecular weight is 311 g/mol. The molecule has 1 aliphatic carbocycles. The van der Waals surface area contributed by atoms with Crippen molar-refractivity contribution in [1.82, 2.24) is 5.32 Å². The number of carbonyl (C=O) groups excluding carboxylic acids is 1. The van der Waals surface area contributed by atoms with Crippen LogP contribution in [-0.4, -0.2) is 22.6 Å².